The molecule has 0 aromatic heterocycles. The van der Waals surface area contributed by atoms with Gasteiger partial charge in [0.15, 0.2) is 0 Å². The molecule has 4 nitrogen and oxygen atoms in total. The Bertz CT molecular complexity index is 120. The zero-order valence-electron chi connectivity index (χ0n) is 8.44. The molecule has 0 heterocycles. The van der Waals surface area contributed by atoms with E-state index in [2.05, 4.69) is 18.0 Å². The van der Waals surface area contributed by atoms with Crippen molar-refractivity contribution in [2.24, 2.45) is 0 Å². The molecule has 0 fully saturated rings. The van der Waals surface area contributed by atoms with Gasteiger partial charge in [-0.05, 0) is 12.8 Å². The number of hydrogen-bond donors (Lipinski definition) is 0. The molecule has 0 saturated carbocycles. The Balaban J connectivity index is 2.84. The van der Waals surface area contributed by atoms with Crippen molar-refractivity contribution in [2.45, 2.75) is 12.8 Å². The molecule has 0 aliphatic rings. The molecular formula is C10H18O4. The van der Waals surface area contributed by atoms with Gasteiger partial charge in [0.2, 0.25) is 0 Å². The predicted molar refractivity (Wildman–Crippen MR) is 53.4 cm³/mol. The summed E-state index contributed by atoms with van der Waals surface area (Å²) in [7, 11) is 0. The van der Waals surface area contributed by atoms with Gasteiger partial charge in [-0.3, -0.25) is 0 Å². The molecule has 0 amide bonds. The molecule has 0 aromatic carbocycles. The monoisotopic (exact) mass is 202 g/mol. The summed E-state index contributed by atoms with van der Waals surface area (Å²) in [5.74, 6) is 0. The fraction of sp³-hybridized carbons (Fsp3) is 0.600. The van der Waals surface area contributed by atoms with Gasteiger partial charge in [-0.1, -0.05) is 13.2 Å². The van der Waals surface area contributed by atoms with Crippen molar-refractivity contribution < 1.29 is 19.2 Å². The second kappa shape index (κ2) is 12.0. The van der Waals surface area contributed by atoms with Crippen LogP contribution >= 0.6 is 0 Å². The lowest BCUT2D eigenvalue weighted by Gasteiger charge is -2.03. The van der Waals surface area contributed by atoms with E-state index in [-0.39, 0.29) is 0 Å². The highest BCUT2D eigenvalue weighted by Crippen LogP contribution is 1.92. The van der Waals surface area contributed by atoms with Crippen molar-refractivity contribution in [1.82, 2.24) is 0 Å². The number of rotatable bonds is 11. The standard InChI is InChI=1S/C10H18O4/c1-3-11-9-10-12-7-5-6-8-14-13-4-2/h3-4H,1-2,5-10H2. The minimum absolute atomic E-state index is 0.554. The van der Waals surface area contributed by atoms with E-state index >= 15 is 0 Å². The van der Waals surface area contributed by atoms with Gasteiger partial charge >= 0.3 is 0 Å². The van der Waals surface area contributed by atoms with Crippen LogP contribution in [0.1, 0.15) is 12.8 Å². The summed E-state index contributed by atoms with van der Waals surface area (Å²) in [6.07, 6.45) is 4.50. The second-order valence-corrected chi connectivity index (χ2v) is 2.44. The van der Waals surface area contributed by atoms with Gasteiger partial charge in [-0.2, -0.15) is 4.89 Å². The summed E-state index contributed by atoms with van der Waals surface area (Å²) in [5.41, 5.74) is 0. The average Bonchev–Trinajstić information content (AvgIpc) is 2.21. The largest absolute Gasteiger partial charge is 0.499 e. The van der Waals surface area contributed by atoms with Gasteiger partial charge in [0, 0.05) is 6.61 Å². The Hall–Kier alpha value is -1.00. The molecule has 0 unspecified atom stereocenters. The highest BCUT2D eigenvalue weighted by atomic mass is 17.2. The third-order valence-electron chi connectivity index (χ3n) is 1.37. The van der Waals surface area contributed by atoms with Crippen molar-refractivity contribution in [1.29, 1.82) is 0 Å². The van der Waals surface area contributed by atoms with E-state index in [4.69, 9.17) is 14.4 Å². The first-order valence-corrected chi connectivity index (χ1v) is 4.61. The Morgan fingerprint density at radius 1 is 0.857 bits per heavy atom. The first kappa shape index (κ1) is 13.0. The third-order valence-corrected chi connectivity index (χ3v) is 1.37. The molecule has 0 aromatic rings. The summed E-state index contributed by atoms with van der Waals surface area (Å²) in [4.78, 5) is 9.20. The van der Waals surface area contributed by atoms with Gasteiger partial charge in [0.1, 0.15) is 12.9 Å². The van der Waals surface area contributed by atoms with Crippen LogP contribution in [0.2, 0.25) is 0 Å². The molecule has 0 aliphatic heterocycles. The van der Waals surface area contributed by atoms with E-state index in [0.29, 0.717) is 26.4 Å². The van der Waals surface area contributed by atoms with Crippen molar-refractivity contribution in [3.63, 3.8) is 0 Å². The van der Waals surface area contributed by atoms with Crippen molar-refractivity contribution in [2.75, 3.05) is 26.4 Å². The fourth-order valence-electron chi connectivity index (χ4n) is 0.754. The summed E-state index contributed by atoms with van der Waals surface area (Å²) >= 11 is 0. The molecule has 0 rings (SSSR count). The maximum absolute atomic E-state index is 5.25. The van der Waals surface area contributed by atoms with Crippen LogP contribution in [0, 0.1) is 0 Å². The highest BCUT2D eigenvalue weighted by Gasteiger charge is 1.90. The smallest absolute Gasteiger partial charge is 0.122 e. The molecule has 14 heavy (non-hydrogen) atoms. The fourth-order valence-corrected chi connectivity index (χ4v) is 0.754. The van der Waals surface area contributed by atoms with E-state index in [1.165, 1.54) is 12.5 Å². The van der Waals surface area contributed by atoms with Crippen molar-refractivity contribution >= 4 is 0 Å². The maximum Gasteiger partial charge on any atom is 0.122 e. The molecule has 0 aliphatic carbocycles. The van der Waals surface area contributed by atoms with Gasteiger partial charge in [0.25, 0.3) is 0 Å². The Morgan fingerprint density at radius 3 is 2.36 bits per heavy atom. The van der Waals surface area contributed by atoms with Gasteiger partial charge in [-0.15, -0.1) is 0 Å². The molecule has 82 valence electrons. The van der Waals surface area contributed by atoms with Crippen LogP contribution in [0.3, 0.4) is 0 Å². The molecule has 0 saturated heterocycles. The predicted octanol–water partition coefficient (Wildman–Crippen LogP) is 2.04. The first-order chi connectivity index (χ1) is 6.91. The van der Waals surface area contributed by atoms with Gasteiger partial charge in [0.05, 0.1) is 19.5 Å². The van der Waals surface area contributed by atoms with Crippen LogP contribution in [0.25, 0.3) is 0 Å². The lowest BCUT2D eigenvalue weighted by molar-refractivity contribution is -0.249. The van der Waals surface area contributed by atoms with Crippen molar-refractivity contribution in [3.05, 3.63) is 25.7 Å². The minimum atomic E-state index is 0.554. The molecule has 0 spiro atoms. The zero-order chi connectivity index (χ0) is 10.5. The van der Waals surface area contributed by atoms with E-state index in [1.807, 2.05) is 0 Å². The molecule has 0 atom stereocenters. The second-order valence-electron chi connectivity index (χ2n) is 2.44. The van der Waals surface area contributed by atoms with Crippen LogP contribution in [0.15, 0.2) is 25.7 Å². The lowest BCUT2D eigenvalue weighted by atomic mass is 10.3. The van der Waals surface area contributed by atoms with E-state index in [1.54, 1.807) is 0 Å². The SMILES string of the molecule is C=COCCOCCCCOOC=C. The molecule has 0 N–H and O–H groups in total. The number of hydrogen-bond acceptors (Lipinski definition) is 4. The Kier molecular flexibility index (Phi) is 11.1. The maximum atomic E-state index is 5.25. The quantitative estimate of drug-likeness (QED) is 0.222. The Morgan fingerprint density at radius 2 is 1.64 bits per heavy atom. The topological polar surface area (TPSA) is 36.9 Å². The molecule has 0 bridgehead atoms. The summed E-state index contributed by atoms with van der Waals surface area (Å²) in [5, 5.41) is 0. The van der Waals surface area contributed by atoms with Gasteiger partial charge in [-0.25, -0.2) is 0 Å². The van der Waals surface area contributed by atoms with Crippen LogP contribution in [0.4, 0.5) is 0 Å². The van der Waals surface area contributed by atoms with Crippen LogP contribution in [-0.4, -0.2) is 26.4 Å². The Labute approximate surface area is 85.0 Å². The van der Waals surface area contributed by atoms with E-state index in [9.17, 15) is 0 Å². The highest BCUT2D eigenvalue weighted by molar-refractivity contribution is 4.48. The van der Waals surface area contributed by atoms with Crippen molar-refractivity contribution in [3.8, 4) is 0 Å². The average molecular weight is 202 g/mol. The van der Waals surface area contributed by atoms with E-state index < -0.39 is 0 Å². The minimum Gasteiger partial charge on any atom is -0.499 e. The van der Waals surface area contributed by atoms with E-state index in [0.717, 1.165) is 12.8 Å². The third kappa shape index (κ3) is 11.0. The molecule has 0 radical (unpaired) electrons. The zero-order valence-corrected chi connectivity index (χ0v) is 8.44. The summed E-state index contributed by atoms with van der Waals surface area (Å²) in [6, 6.07) is 0. The molecule has 4 heteroatoms. The van der Waals surface area contributed by atoms with Gasteiger partial charge < -0.3 is 14.4 Å². The summed E-state index contributed by atoms with van der Waals surface area (Å²) < 4.78 is 10.1. The lowest BCUT2D eigenvalue weighted by Crippen LogP contribution is -2.03. The first-order valence-electron chi connectivity index (χ1n) is 4.61. The van der Waals surface area contributed by atoms with Crippen LogP contribution in [0.5, 0.6) is 0 Å². The van der Waals surface area contributed by atoms with Crippen LogP contribution in [-0.2, 0) is 19.2 Å². The molecular weight excluding hydrogens is 184 g/mol. The number of ether oxygens (including phenoxy) is 2. The number of unbranched alkanes of at least 4 members (excludes halogenated alkanes) is 1. The summed E-state index contributed by atoms with van der Waals surface area (Å²) in [6.45, 7) is 9.17. The van der Waals surface area contributed by atoms with Crippen LogP contribution < -0.4 is 0 Å². The normalized spacial score (nSPS) is 9.43.